The molecule has 1 amide bonds. The van der Waals surface area contributed by atoms with Gasteiger partial charge < -0.3 is 16.0 Å². The smallest absolute Gasteiger partial charge is 0.239 e. The zero-order valence-corrected chi connectivity index (χ0v) is 13.1. The minimum Gasteiger partial charge on any atom is -0.393 e. The highest BCUT2D eigenvalue weighted by Crippen LogP contribution is 2.18. The summed E-state index contributed by atoms with van der Waals surface area (Å²) in [5.74, 6) is 0.0775. The van der Waals surface area contributed by atoms with Gasteiger partial charge in [-0.15, -0.1) is 0 Å². The number of para-hydroxylation sites is 1. The van der Waals surface area contributed by atoms with Gasteiger partial charge in [0, 0.05) is 24.7 Å². The van der Waals surface area contributed by atoms with Crippen LogP contribution in [-0.2, 0) is 4.79 Å². The maximum absolute atomic E-state index is 12.2. The lowest BCUT2D eigenvalue weighted by atomic mass is 10.2. The molecule has 4 nitrogen and oxygen atoms in total. The summed E-state index contributed by atoms with van der Waals surface area (Å²) in [6, 6.07) is 10.3. The second-order valence-electron chi connectivity index (χ2n) is 5.52. The first-order valence-corrected chi connectivity index (χ1v) is 7.93. The van der Waals surface area contributed by atoms with Gasteiger partial charge in [-0.3, -0.25) is 4.79 Å². The Morgan fingerprint density at radius 3 is 2.57 bits per heavy atom. The predicted octanol–water partition coefficient (Wildman–Crippen LogP) is 2.23. The fourth-order valence-corrected chi connectivity index (χ4v) is 2.79. The minimum absolute atomic E-state index is 0.0775. The maximum atomic E-state index is 12.2. The van der Waals surface area contributed by atoms with Crippen molar-refractivity contribution in [2.45, 2.75) is 38.1 Å². The van der Waals surface area contributed by atoms with Crippen molar-refractivity contribution in [1.82, 2.24) is 5.32 Å². The molecule has 1 aliphatic rings. The Labute approximate surface area is 131 Å². The molecule has 1 fully saturated rings. The highest BCUT2D eigenvalue weighted by Gasteiger charge is 2.19. The van der Waals surface area contributed by atoms with Crippen molar-refractivity contribution >= 4 is 28.8 Å². The molecule has 0 radical (unpaired) electrons. The van der Waals surface area contributed by atoms with Gasteiger partial charge in [-0.1, -0.05) is 43.3 Å². The first-order chi connectivity index (χ1) is 10.1. The summed E-state index contributed by atoms with van der Waals surface area (Å²) in [6.45, 7) is 1.01. The number of rotatable bonds is 7. The quantitative estimate of drug-likeness (QED) is 0.759. The lowest BCUT2D eigenvalue weighted by Gasteiger charge is -2.25. The van der Waals surface area contributed by atoms with Crippen molar-refractivity contribution in [3.05, 3.63) is 30.3 Å². The van der Waals surface area contributed by atoms with E-state index in [-0.39, 0.29) is 5.91 Å². The van der Waals surface area contributed by atoms with Crippen LogP contribution in [0.15, 0.2) is 30.3 Å². The molecule has 5 heteroatoms. The summed E-state index contributed by atoms with van der Waals surface area (Å²) >= 11 is 4.94. The first-order valence-electron chi connectivity index (χ1n) is 7.53. The molecule has 1 aromatic rings. The first kappa shape index (κ1) is 15.8. The summed E-state index contributed by atoms with van der Waals surface area (Å²) in [6.07, 6.45) is 5.25. The minimum atomic E-state index is 0.0775. The van der Waals surface area contributed by atoms with Crippen molar-refractivity contribution < 1.29 is 4.79 Å². The number of amides is 1. The molecule has 0 aromatic heterocycles. The number of thiocarbonyl (C=S) groups is 1. The number of carbonyl (C=O) groups is 1. The largest absolute Gasteiger partial charge is 0.393 e. The van der Waals surface area contributed by atoms with Gasteiger partial charge in [-0.2, -0.15) is 0 Å². The Balaban J connectivity index is 1.94. The summed E-state index contributed by atoms with van der Waals surface area (Å²) in [5, 5.41) is 3.12. The predicted molar refractivity (Wildman–Crippen MR) is 90.5 cm³/mol. The van der Waals surface area contributed by atoms with Crippen LogP contribution in [0.3, 0.4) is 0 Å². The fraction of sp³-hybridized carbons (Fsp3) is 0.500. The molecule has 0 heterocycles. The van der Waals surface area contributed by atoms with Crippen LogP contribution in [0.4, 0.5) is 5.69 Å². The van der Waals surface area contributed by atoms with E-state index >= 15 is 0 Å². The van der Waals surface area contributed by atoms with Gasteiger partial charge in [0.15, 0.2) is 0 Å². The van der Waals surface area contributed by atoms with E-state index in [2.05, 4.69) is 5.32 Å². The number of benzene rings is 1. The number of nitrogens with two attached hydrogens (primary N) is 1. The van der Waals surface area contributed by atoms with E-state index in [9.17, 15) is 4.79 Å². The van der Waals surface area contributed by atoms with E-state index in [0.29, 0.717) is 30.5 Å². The van der Waals surface area contributed by atoms with E-state index in [0.717, 1.165) is 18.5 Å². The molecule has 0 atom stereocenters. The van der Waals surface area contributed by atoms with Crippen LogP contribution >= 0.6 is 12.2 Å². The van der Waals surface area contributed by atoms with Crippen LogP contribution in [0.2, 0.25) is 0 Å². The van der Waals surface area contributed by atoms with Crippen LogP contribution in [0.1, 0.15) is 32.1 Å². The Hall–Kier alpha value is -1.62. The topological polar surface area (TPSA) is 58.4 Å². The highest BCUT2D eigenvalue weighted by atomic mass is 32.1. The van der Waals surface area contributed by atoms with Gasteiger partial charge in [0.1, 0.15) is 0 Å². The third kappa shape index (κ3) is 5.34. The second-order valence-corrected chi connectivity index (χ2v) is 6.05. The molecule has 3 N–H and O–H groups in total. The van der Waals surface area contributed by atoms with Crippen molar-refractivity contribution in [3.63, 3.8) is 0 Å². The van der Waals surface area contributed by atoms with E-state index in [1.165, 1.54) is 12.8 Å². The summed E-state index contributed by atoms with van der Waals surface area (Å²) in [7, 11) is 0. The molecule has 0 spiro atoms. The molecular formula is C16H23N3OS. The third-order valence-corrected chi connectivity index (χ3v) is 4.01. The third-order valence-electron chi connectivity index (χ3n) is 3.80. The number of hydrogen-bond donors (Lipinski definition) is 2. The standard InChI is InChI=1S/C16H23N3OS/c17-15(21)10-11-19(14-8-2-1-3-9-14)12-16(20)18-13-6-4-5-7-13/h1-3,8-9,13H,4-7,10-12H2,(H2,17,21)(H,18,20). The van der Waals surface area contributed by atoms with Crippen LogP contribution in [0.25, 0.3) is 0 Å². The molecule has 0 saturated heterocycles. The van der Waals surface area contributed by atoms with Crippen LogP contribution in [0, 0.1) is 0 Å². The summed E-state index contributed by atoms with van der Waals surface area (Å²) in [4.78, 5) is 14.7. The second kappa shape index (κ2) is 7.98. The van der Waals surface area contributed by atoms with Crippen LogP contribution in [0.5, 0.6) is 0 Å². The van der Waals surface area contributed by atoms with Gasteiger partial charge in [0.05, 0.1) is 11.5 Å². The Bertz CT molecular complexity index is 472. The molecule has 21 heavy (non-hydrogen) atoms. The molecule has 2 rings (SSSR count). The van der Waals surface area contributed by atoms with Gasteiger partial charge >= 0.3 is 0 Å². The zero-order chi connectivity index (χ0) is 15.1. The number of carbonyl (C=O) groups excluding carboxylic acids is 1. The van der Waals surface area contributed by atoms with Gasteiger partial charge in [0.25, 0.3) is 0 Å². The average molecular weight is 305 g/mol. The number of hydrogen-bond acceptors (Lipinski definition) is 3. The summed E-state index contributed by atoms with van der Waals surface area (Å²) < 4.78 is 0. The molecule has 1 aromatic carbocycles. The monoisotopic (exact) mass is 305 g/mol. The lowest BCUT2D eigenvalue weighted by Crippen LogP contribution is -2.42. The number of anilines is 1. The molecule has 0 aliphatic heterocycles. The van der Waals surface area contributed by atoms with Gasteiger partial charge in [-0.25, -0.2) is 0 Å². The van der Waals surface area contributed by atoms with Gasteiger partial charge in [0.2, 0.25) is 5.91 Å². The Kier molecular flexibility index (Phi) is 5.99. The molecule has 1 aliphatic carbocycles. The maximum Gasteiger partial charge on any atom is 0.239 e. The van der Waals surface area contributed by atoms with E-state index < -0.39 is 0 Å². The van der Waals surface area contributed by atoms with Crippen molar-refractivity contribution in [2.24, 2.45) is 5.73 Å². The van der Waals surface area contributed by atoms with Crippen molar-refractivity contribution in [1.29, 1.82) is 0 Å². The molecule has 0 unspecified atom stereocenters. The Morgan fingerprint density at radius 2 is 1.95 bits per heavy atom. The highest BCUT2D eigenvalue weighted by molar-refractivity contribution is 7.80. The number of nitrogens with zero attached hydrogens (tertiary/aromatic N) is 1. The number of nitrogens with one attached hydrogen (secondary N) is 1. The van der Waals surface area contributed by atoms with Crippen molar-refractivity contribution in [3.8, 4) is 0 Å². The lowest BCUT2D eigenvalue weighted by molar-refractivity contribution is -0.120. The SMILES string of the molecule is NC(=S)CCN(CC(=O)NC1CCCC1)c1ccccc1. The van der Waals surface area contributed by atoms with Crippen LogP contribution < -0.4 is 16.0 Å². The van der Waals surface area contributed by atoms with E-state index in [1.54, 1.807) is 0 Å². The Morgan fingerprint density at radius 1 is 1.29 bits per heavy atom. The normalized spacial score (nSPS) is 14.9. The average Bonchev–Trinajstić information content (AvgIpc) is 2.97. The summed E-state index contributed by atoms with van der Waals surface area (Å²) in [5.41, 5.74) is 6.61. The molecule has 0 bridgehead atoms. The van der Waals surface area contributed by atoms with Crippen LogP contribution in [-0.4, -0.2) is 30.0 Å². The zero-order valence-electron chi connectivity index (χ0n) is 12.3. The van der Waals surface area contributed by atoms with Gasteiger partial charge in [-0.05, 0) is 25.0 Å². The molecule has 114 valence electrons. The van der Waals surface area contributed by atoms with E-state index in [1.807, 2.05) is 35.2 Å². The molecular weight excluding hydrogens is 282 g/mol. The molecule has 1 saturated carbocycles. The van der Waals surface area contributed by atoms with Crippen molar-refractivity contribution in [2.75, 3.05) is 18.0 Å². The fourth-order valence-electron chi connectivity index (χ4n) is 2.70. The van der Waals surface area contributed by atoms with E-state index in [4.69, 9.17) is 18.0 Å².